The summed E-state index contributed by atoms with van der Waals surface area (Å²) in [4.78, 5) is 10.8. The van der Waals surface area contributed by atoms with Crippen LogP contribution in [0.5, 0.6) is 0 Å². The summed E-state index contributed by atoms with van der Waals surface area (Å²) < 4.78 is 0. The van der Waals surface area contributed by atoms with Crippen LogP contribution in [0.4, 0.5) is 0 Å². The molecule has 1 heterocycles. The molecule has 3 heteroatoms. The second-order valence-corrected chi connectivity index (χ2v) is 2.73. The Labute approximate surface area is 60.4 Å². The third kappa shape index (κ3) is 1.29. The second-order valence-electron chi connectivity index (χ2n) is 2.73. The van der Waals surface area contributed by atoms with Crippen molar-refractivity contribution in [2.45, 2.75) is 25.8 Å². The Kier molecular flexibility index (Phi) is 2.27. The molecule has 0 unspecified atom stereocenters. The van der Waals surface area contributed by atoms with Gasteiger partial charge in [-0.05, 0) is 5.92 Å². The van der Waals surface area contributed by atoms with Crippen molar-refractivity contribution < 1.29 is 9.90 Å². The molecule has 1 aliphatic heterocycles. The van der Waals surface area contributed by atoms with E-state index in [1.807, 2.05) is 6.92 Å². The van der Waals surface area contributed by atoms with E-state index in [2.05, 4.69) is 5.32 Å². The third-order valence-corrected chi connectivity index (χ3v) is 2.08. The largest absolute Gasteiger partial charge is 0.394 e. The van der Waals surface area contributed by atoms with Crippen LogP contribution in [0.15, 0.2) is 0 Å². The van der Waals surface area contributed by atoms with Gasteiger partial charge in [-0.3, -0.25) is 4.79 Å². The van der Waals surface area contributed by atoms with Crippen molar-refractivity contribution in [2.24, 2.45) is 5.92 Å². The lowest BCUT2D eigenvalue weighted by atomic mass is 9.99. The lowest BCUT2D eigenvalue weighted by Gasteiger charge is -2.12. The maximum atomic E-state index is 10.8. The zero-order chi connectivity index (χ0) is 7.56. The van der Waals surface area contributed by atoms with E-state index < -0.39 is 0 Å². The van der Waals surface area contributed by atoms with Crippen LogP contribution < -0.4 is 5.32 Å². The normalized spacial score (nSPS) is 32.4. The molecule has 10 heavy (non-hydrogen) atoms. The van der Waals surface area contributed by atoms with Crippen molar-refractivity contribution in [2.75, 3.05) is 6.61 Å². The summed E-state index contributed by atoms with van der Waals surface area (Å²) in [6.07, 6.45) is 1.55. The number of carbonyl (C=O) groups excluding carboxylic acids is 1. The quantitative estimate of drug-likeness (QED) is 0.566. The van der Waals surface area contributed by atoms with Gasteiger partial charge in [0.05, 0.1) is 12.6 Å². The molecule has 2 atom stereocenters. The summed E-state index contributed by atoms with van der Waals surface area (Å²) in [7, 11) is 0. The maximum Gasteiger partial charge on any atom is 0.220 e. The first-order valence-electron chi connectivity index (χ1n) is 3.68. The van der Waals surface area contributed by atoms with Gasteiger partial charge in [0.1, 0.15) is 0 Å². The van der Waals surface area contributed by atoms with E-state index >= 15 is 0 Å². The highest BCUT2D eigenvalue weighted by molar-refractivity contribution is 5.79. The second kappa shape index (κ2) is 3.01. The summed E-state index contributed by atoms with van der Waals surface area (Å²) >= 11 is 0. The smallest absolute Gasteiger partial charge is 0.220 e. The SMILES string of the molecule is CC[C@@H]1CC(=O)N[C@@H]1CO. The average molecular weight is 143 g/mol. The maximum absolute atomic E-state index is 10.8. The van der Waals surface area contributed by atoms with Crippen molar-refractivity contribution >= 4 is 5.91 Å². The number of hydrogen-bond acceptors (Lipinski definition) is 2. The van der Waals surface area contributed by atoms with E-state index in [4.69, 9.17) is 5.11 Å². The van der Waals surface area contributed by atoms with E-state index in [1.54, 1.807) is 0 Å². The summed E-state index contributed by atoms with van der Waals surface area (Å²) in [6, 6.07) is 0.0116. The van der Waals surface area contributed by atoms with Crippen LogP contribution in [0.25, 0.3) is 0 Å². The summed E-state index contributed by atoms with van der Waals surface area (Å²) in [6.45, 7) is 2.11. The molecule has 2 N–H and O–H groups in total. The average Bonchev–Trinajstić information content (AvgIpc) is 2.30. The van der Waals surface area contributed by atoms with Crippen LogP contribution in [0, 0.1) is 5.92 Å². The van der Waals surface area contributed by atoms with E-state index in [0.29, 0.717) is 12.3 Å². The third-order valence-electron chi connectivity index (χ3n) is 2.08. The van der Waals surface area contributed by atoms with Gasteiger partial charge in [0.2, 0.25) is 5.91 Å². The molecule has 1 amide bonds. The lowest BCUT2D eigenvalue weighted by molar-refractivity contribution is -0.119. The van der Waals surface area contributed by atoms with E-state index in [-0.39, 0.29) is 18.6 Å². The monoisotopic (exact) mass is 143 g/mol. The van der Waals surface area contributed by atoms with Gasteiger partial charge in [0, 0.05) is 6.42 Å². The van der Waals surface area contributed by atoms with Crippen LogP contribution in [-0.4, -0.2) is 23.7 Å². The summed E-state index contributed by atoms with van der Waals surface area (Å²) in [5, 5.41) is 11.5. The first-order valence-corrected chi connectivity index (χ1v) is 3.68. The van der Waals surface area contributed by atoms with Crippen molar-refractivity contribution in [3.05, 3.63) is 0 Å². The summed E-state index contributed by atoms with van der Waals surface area (Å²) in [5.74, 6) is 0.420. The molecule has 0 saturated carbocycles. The highest BCUT2D eigenvalue weighted by Crippen LogP contribution is 2.18. The molecular weight excluding hydrogens is 130 g/mol. The lowest BCUT2D eigenvalue weighted by Crippen LogP contribution is -2.32. The Morgan fingerprint density at radius 2 is 2.50 bits per heavy atom. The number of carbonyl (C=O) groups is 1. The molecule has 58 valence electrons. The molecular formula is C7H13NO2. The van der Waals surface area contributed by atoms with Crippen molar-refractivity contribution in [3.8, 4) is 0 Å². The first-order chi connectivity index (χ1) is 4.77. The number of rotatable bonds is 2. The molecule has 1 rings (SSSR count). The molecule has 0 aromatic heterocycles. The number of aliphatic hydroxyl groups excluding tert-OH is 1. The molecule has 1 aliphatic rings. The molecule has 0 radical (unpaired) electrons. The fourth-order valence-corrected chi connectivity index (χ4v) is 1.39. The van der Waals surface area contributed by atoms with E-state index in [9.17, 15) is 4.79 Å². The zero-order valence-electron chi connectivity index (χ0n) is 6.13. The Morgan fingerprint density at radius 1 is 1.80 bits per heavy atom. The Hall–Kier alpha value is -0.570. The Morgan fingerprint density at radius 3 is 2.90 bits per heavy atom. The number of hydrogen-bond donors (Lipinski definition) is 2. The molecule has 1 fully saturated rings. The van der Waals surface area contributed by atoms with E-state index in [1.165, 1.54) is 0 Å². The van der Waals surface area contributed by atoms with Crippen molar-refractivity contribution in [1.29, 1.82) is 0 Å². The van der Waals surface area contributed by atoms with Gasteiger partial charge in [-0.2, -0.15) is 0 Å². The topological polar surface area (TPSA) is 49.3 Å². The van der Waals surface area contributed by atoms with Crippen LogP contribution in [-0.2, 0) is 4.79 Å². The minimum Gasteiger partial charge on any atom is -0.394 e. The molecule has 0 spiro atoms. The minimum atomic E-state index is 0.0116. The van der Waals surface area contributed by atoms with Gasteiger partial charge in [-0.15, -0.1) is 0 Å². The predicted octanol–water partition coefficient (Wildman–Crippen LogP) is -0.107. The van der Waals surface area contributed by atoms with E-state index in [0.717, 1.165) is 6.42 Å². The number of nitrogens with one attached hydrogen (secondary N) is 1. The fraction of sp³-hybridized carbons (Fsp3) is 0.857. The van der Waals surface area contributed by atoms with Crippen molar-refractivity contribution in [1.82, 2.24) is 5.32 Å². The highest BCUT2D eigenvalue weighted by Gasteiger charge is 2.29. The Bertz CT molecular complexity index is 122. The van der Waals surface area contributed by atoms with Gasteiger partial charge < -0.3 is 10.4 Å². The van der Waals surface area contributed by atoms with Crippen LogP contribution in [0.2, 0.25) is 0 Å². The standard InChI is InChI=1S/C7H13NO2/c1-2-5-3-7(10)8-6(5)4-9/h5-6,9H,2-4H2,1H3,(H,8,10)/t5-,6-/m1/s1. The summed E-state index contributed by atoms with van der Waals surface area (Å²) in [5.41, 5.74) is 0. The Balaban J connectivity index is 2.48. The molecule has 0 aromatic carbocycles. The minimum absolute atomic E-state index is 0.0116. The van der Waals surface area contributed by atoms with Crippen LogP contribution >= 0.6 is 0 Å². The number of amides is 1. The van der Waals surface area contributed by atoms with Gasteiger partial charge in [-0.1, -0.05) is 13.3 Å². The van der Waals surface area contributed by atoms with Gasteiger partial charge in [-0.25, -0.2) is 0 Å². The first kappa shape index (κ1) is 7.54. The van der Waals surface area contributed by atoms with Crippen LogP contribution in [0.1, 0.15) is 19.8 Å². The molecule has 0 aliphatic carbocycles. The number of aliphatic hydroxyl groups is 1. The molecule has 3 nitrogen and oxygen atoms in total. The molecule has 0 bridgehead atoms. The highest BCUT2D eigenvalue weighted by atomic mass is 16.3. The zero-order valence-corrected chi connectivity index (χ0v) is 6.13. The predicted molar refractivity (Wildman–Crippen MR) is 37.4 cm³/mol. The van der Waals surface area contributed by atoms with Gasteiger partial charge in [0.15, 0.2) is 0 Å². The van der Waals surface area contributed by atoms with Gasteiger partial charge in [0.25, 0.3) is 0 Å². The van der Waals surface area contributed by atoms with Crippen LogP contribution in [0.3, 0.4) is 0 Å². The molecule has 0 aromatic rings. The molecule has 1 saturated heterocycles. The fourth-order valence-electron chi connectivity index (χ4n) is 1.39. The van der Waals surface area contributed by atoms with Crippen molar-refractivity contribution in [3.63, 3.8) is 0 Å². The van der Waals surface area contributed by atoms with Gasteiger partial charge >= 0.3 is 0 Å².